The maximum atomic E-state index is 14.2. The molecular formula is C25H26N2O2Si. The quantitative estimate of drug-likeness (QED) is 0.424. The first kappa shape index (κ1) is 20.1. The first-order valence-corrected chi connectivity index (χ1v) is 13.6. The molecule has 1 aliphatic heterocycles. The van der Waals surface area contributed by atoms with Gasteiger partial charge in [-0.15, -0.1) is 0 Å². The normalized spacial score (nSPS) is 16.2. The molecule has 0 saturated carbocycles. The highest BCUT2D eigenvalue weighted by molar-refractivity contribution is 6.78. The SMILES string of the molecule is C[Si](C)(C)N1C(=O)N(Cc2ccccc2)C(c2ccccc2)(c2ccccc2)C1=O. The second-order valence-electron chi connectivity index (χ2n) is 8.61. The van der Waals surface area contributed by atoms with Crippen molar-refractivity contribution < 1.29 is 9.59 Å². The lowest BCUT2D eigenvalue weighted by molar-refractivity contribution is -0.129. The lowest BCUT2D eigenvalue weighted by Crippen LogP contribution is -2.51. The fourth-order valence-corrected chi connectivity index (χ4v) is 5.72. The Kier molecular flexibility index (Phi) is 5.08. The molecule has 0 aromatic heterocycles. The molecule has 1 aliphatic rings. The number of rotatable bonds is 5. The maximum Gasteiger partial charge on any atom is 0.320 e. The smallest absolute Gasteiger partial charge is 0.298 e. The monoisotopic (exact) mass is 414 g/mol. The van der Waals surface area contributed by atoms with Crippen molar-refractivity contribution in [2.45, 2.75) is 31.7 Å². The van der Waals surface area contributed by atoms with Gasteiger partial charge >= 0.3 is 6.03 Å². The molecule has 3 aromatic carbocycles. The van der Waals surface area contributed by atoms with E-state index in [0.29, 0.717) is 6.54 Å². The maximum absolute atomic E-state index is 14.2. The summed E-state index contributed by atoms with van der Waals surface area (Å²) in [6.45, 7) is 6.47. The number of nitrogens with zero attached hydrogens (tertiary/aromatic N) is 2. The molecule has 0 unspecified atom stereocenters. The minimum atomic E-state index is -2.27. The Balaban J connectivity index is 2.00. The minimum Gasteiger partial charge on any atom is -0.298 e. The summed E-state index contributed by atoms with van der Waals surface area (Å²) in [5.74, 6) is -0.153. The summed E-state index contributed by atoms with van der Waals surface area (Å²) in [5, 5.41) is 0. The van der Waals surface area contributed by atoms with Crippen molar-refractivity contribution in [1.29, 1.82) is 0 Å². The van der Waals surface area contributed by atoms with Crippen LogP contribution in [0.1, 0.15) is 16.7 Å². The first-order chi connectivity index (χ1) is 14.4. The second-order valence-corrected chi connectivity index (χ2v) is 13.4. The fraction of sp³-hybridized carbons (Fsp3) is 0.200. The second kappa shape index (κ2) is 7.57. The number of carbonyl (C=O) groups is 2. The van der Waals surface area contributed by atoms with Crippen molar-refractivity contribution in [2.75, 3.05) is 0 Å². The predicted molar refractivity (Wildman–Crippen MR) is 121 cm³/mol. The van der Waals surface area contributed by atoms with Crippen molar-refractivity contribution in [3.05, 3.63) is 108 Å². The van der Waals surface area contributed by atoms with E-state index in [2.05, 4.69) is 0 Å². The summed E-state index contributed by atoms with van der Waals surface area (Å²) in [4.78, 5) is 29.7. The highest BCUT2D eigenvalue weighted by atomic mass is 28.3. The summed E-state index contributed by atoms with van der Waals surface area (Å²) in [5.41, 5.74) is 1.43. The van der Waals surface area contributed by atoms with E-state index in [4.69, 9.17) is 0 Å². The van der Waals surface area contributed by atoms with Gasteiger partial charge in [-0.3, -0.25) is 14.3 Å². The molecule has 152 valence electrons. The fourth-order valence-electron chi connectivity index (χ4n) is 4.26. The van der Waals surface area contributed by atoms with Crippen LogP contribution >= 0.6 is 0 Å². The van der Waals surface area contributed by atoms with Gasteiger partial charge in [-0.2, -0.15) is 0 Å². The number of amides is 3. The van der Waals surface area contributed by atoms with Crippen molar-refractivity contribution in [1.82, 2.24) is 9.47 Å². The predicted octanol–water partition coefficient (Wildman–Crippen LogP) is 5.23. The third-order valence-electron chi connectivity index (χ3n) is 5.58. The molecule has 1 saturated heterocycles. The largest absolute Gasteiger partial charge is 0.320 e. The molecule has 0 atom stereocenters. The molecule has 5 heteroatoms. The Hall–Kier alpha value is -3.18. The first-order valence-electron chi connectivity index (χ1n) is 10.2. The van der Waals surface area contributed by atoms with Gasteiger partial charge < -0.3 is 0 Å². The van der Waals surface area contributed by atoms with E-state index >= 15 is 0 Å². The molecular weight excluding hydrogens is 388 g/mol. The Morgan fingerprint density at radius 2 is 1.13 bits per heavy atom. The molecule has 0 radical (unpaired) electrons. The topological polar surface area (TPSA) is 40.6 Å². The van der Waals surface area contributed by atoms with Gasteiger partial charge in [0, 0.05) is 6.54 Å². The molecule has 0 bridgehead atoms. The van der Waals surface area contributed by atoms with Crippen LogP contribution in [-0.2, 0) is 16.9 Å². The Morgan fingerprint density at radius 1 is 0.700 bits per heavy atom. The van der Waals surface area contributed by atoms with E-state index in [-0.39, 0.29) is 11.9 Å². The van der Waals surface area contributed by atoms with Crippen LogP contribution in [0.4, 0.5) is 4.79 Å². The molecule has 0 spiro atoms. The average molecular weight is 415 g/mol. The van der Waals surface area contributed by atoms with E-state index in [9.17, 15) is 9.59 Å². The van der Waals surface area contributed by atoms with E-state index < -0.39 is 13.8 Å². The molecule has 0 N–H and O–H groups in total. The summed E-state index contributed by atoms with van der Waals surface area (Å²) < 4.78 is 1.55. The summed E-state index contributed by atoms with van der Waals surface area (Å²) in [6.07, 6.45) is 0. The summed E-state index contributed by atoms with van der Waals surface area (Å²) in [6, 6.07) is 29.0. The van der Waals surface area contributed by atoms with Gasteiger partial charge in [0.15, 0.2) is 13.8 Å². The molecule has 30 heavy (non-hydrogen) atoms. The van der Waals surface area contributed by atoms with Gasteiger partial charge in [0.1, 0.15) is 0 Å². The average Bonchev–Trinajstić information content (AvgIpc) is 2.97. The third kappa shape index (κ3) is 3.15. The van der Waals surface area contributed by atoms with Crippen LogP contribution in [0.3, 0.4) is 0 Å². The van der Waals surface area contributed by atoms with Crippen LogP contribution in [0.5, 0.6) is 0 Å². The number of hydrogen-bond donors (Lipinski definition) is 0. The van der Waals surface area contributed by atoms with E-state index in [1.807, 2.05) is 111 Å². The molecule has 4 nitrogen and oxygen atoms in total. The van der Waals surface area contributed by atoms with Gasteiger partial charge in [0.25, 0.3) is 5.91 Å². The molecule has 4 rings (SSSR count). The van der Waals surface area contributed by atoms with Crippen LogP contribution in [0, 0.1) is 0 Å². The van der Waals surface area contributed by atoms with Gasteiger partial charge in [-0.05, 0) is 16.7 Å². The number of imide groups is 1. The van der Waals surface area contributed by atoms with Crippen molar-refractivity contribution in [3.8, 4) is 0 Å². The standard InChI is InChI=1S/C25H26N2O2Si/c1-30(2,3)27-23(28)25(21-15-9-5-10-16-21,22-17-11-6-12-18-22)26(24(27)29)19-20-13-7-4-8-14-20/h4-18H,19H2,1-3H3. The Bertz CT molecular complexity index is 1010. The minimum absolute atomic E-state index is 0.153. The summed E-state index contributed by atoms with van der Waals surface area (Å²) in [7, 11) is -2.27. The zero-order valence-corrected chi connectivity index (χ0v) is 18.6. The Labute approximate surface area is 178 Å². The molecule has 3 amide bonds. The van der Waals surface area contributed by atoms with Crippen LogP contribution in [0.15, 0.2) is 91.0 Å². The van der Waals surface area contributed by atoms with Crippen molar-refractivity contribution >= 4 is 20.2 Å². The third-order valence-corrected chi connectivity index (χ3v) is 7.31. The van der Waals surface area contributed by atoms with Crippen LogP contribution in [0.2, 0.25) is 19.6 Å². The van der Waals surface area contributed by atoms with Gasteiger partial charge in [0.05, 0.1) is 0 Å². The van der Waals surface area contributed by atoms with Gasteiger partial charge in [-0.25, -0.2) is 4.79 Å². The molecule has 3 aromatic rings. The number of benzene rings is 3. The zero-order valence-electron chi connectivity index (χ0n) is 17.6. The van der Waals surface area contributed by atoms with E-state index in [1.165, 1.54) is 0 Å². The number of urea groups is 1. The molecule has 0 aliphatic carbocycles. The van der Waals surface area contributed by atoms with Crippen LogP contribution in [-0.4, -0.2) is 29.6 Å². The lowest BCUT2D eigenvalue weighted by Gasteiger charge is -2.36. The summed E-state index contributed by atoms with van der Waals surface area (Å²) >= 11 is 0. The lowest BCUT2D eigenvalue weighted by atomic mass is 9.81. The van der Waals surface area contributed by atoms with E-state index in [1.54, 1.807) is 9.47 Å². The van der Waals surface area contributed by atoms with Crippen molar-refractivity contribution in [2.24, 2.45) is 0 Å². The number of hydrogen-bond acceptors (Lipinski definition) is 2. The molecule has 1 heterocycles. The van der Waals surface area contributed by atoms with Gasteiger partial charge in [-0.1, -0.05) is 111 Å². The highest BCUT2D eigenvalue weighted by Gasteiger charge is 2.61. The van der Waals surface area contributed by atoms with Crippen LogP contribution in [0.25, 0.3) is 0 Å². The highest BCUT2D eigenvalue weighted by Crippen LogP contribution is 2.45. The Morgan fingerprint density at radius 3 is 1.57 bits per heavy atom. The van der Waals surface area contributed by atoms with Crippen molar-refractivity contribution in [3.63, 3.8) is 0 Å². The van der Waals surface area contributed by atoms with Gasteiger partial charge in [0.2, 0.25) is 0 Å². The van der Waals surface area contributed by atoms with E-state index in [0.717, 1.165) is 16.7 Å². The van der Waals surface area contributed by atoms with Crippen LogP contribution < -0.4 is 0 Å². The molecule has 1 fully saturated rings. The zero-order chi connectivity index (χ0) is 21.4. The number of carbonyl (C=O) groups excluding carboxylic acids is 2.